The molecule has 0 saturated heterocycles. The highest BCUT2D eigenvalue weighted by atomic mass is 32.2. The number of hydrogen-bond acceptors (Lipinski definition) is 5. The maximum Gasteiger partial charge on any atom is 0.237 e. The van der Waals surface area contributed by atoms with Gasteiger partial charge in [0.1, 0.15) is 0 Å². The number of nitrogens with zero attached hydrogens (tertiary/aromatic N) is 3. The van der Waals surface area contributed by atoms with Crippen LogP contribution in [0.3, 0.4) is 0 Å². The van der Waals surface area contributed by atoms with Crippen molar-refractivity contribution in [2.45, 2.75) is 50.4 Å². The molecule has 1 aromatic heterocycles. The van der Waals surface area contributed by atoms with Crippen molar-refractivity contribution in [3.8, 4) is 11.4 Å². The summed E-state index contributed by atoms with van der Waals surface area (Å²) in [5.74, 6) is 7.05. The van der Waals surface area contributed by atoms with E-state index in [1.54, 1.807) is 0 Å². The molecule has 0 aliphatic carbocycles. The molecule has 0 saturated carbocycles. The van der Waals surface area contributed by atoms with Crippen LogP contribution in [0.4, 0.5) is 5.69 Å². The minimum absolute atomic E-state index is 0.0920. The van der Waals surface area contributed by atoms with Gasteiger partial charge in [-0.05, 0) is 37.8 Å². The molecule has 0 aliphatic rings. The van der Waals surface area contributed by atoms with E-state index in [4.69, 9.17) is 5.84 Å². The highest BCUT2D eigenvalue weighted by Gasteiger charge is 2.21. The lowest BCUT2D eigenvalue weighted by Gasteiger charge is -2.17. The van der Waals surface area contributed by atoms with Gasteiger partial charge in [0.2, 0.25) is 11.1 Å². The first-order valence-electron chi connectivity index (χ1n) is 9.74. The Balaban J connectivity index is 1.72. The van der Waals surface area contributed by atoms with Crippen molar-refractivity contribution in [1.82, 2.24) is 14.9 Å². The van der Waals surface area contributed by atoms with E-state index in [1.807, 2.05) is 56.3 Å². The van der Waals surface area contributed by atoms with E-state index in [9.17, 15) is 4.79 Å². The molecule has 152 valence electrons. The summed E-state index contributed by atoms with van der Waals surface area (Å²) in [4.78, 5) is 12.8. The average molecular weight is 410 g/mol. The van der Waals surface area contributed by atoms with Crippen LogP contribution in [0.15, 0.2) is 53.7 Å². The summed E-state index contributed by atoms with van der Waals surface area (Å²) in [7, 11) is 0. The van der Waals surface area contributed by atoms with Crippen molar-refractivity contribution in [3.05, 3.63) is 59.7 Å². The largest absolute Gasteiger partial charge is 0.335 e. The lowest BCUT2D eigenvalue weighted by Crippen LogP contribution is -2.24. The minimum atomic E-state index is -0.377. The molecular formula is C22H27N5OS. The van der Waals surface area contributed by atoms with Gasteiger partial charge in [0.15, 0.2) is 5.82 Å². The van der Waals surface area contributed by atoms with Gasteiger partial charge in [0.25, 0.3) is 0 Å². The number of anilines is 1. The predicted molar refractivity (Wildman–Crippen MR) is 119 cm³/mol. The van der Waals surface area contributed by atoms with Crippen molar-refractivity contribution in [2.24, 2.45) is 0 Å². The second-order valence-corrected chi connectivity index (χ2v) is 8.50. The molecular weight excluding hydrogens is 382 g/mol. The third kappa shape index (κ3) is 4.79. The summed E-state index contributed by atoms with van der Waals surface area (Å²) in [6, 6.07) is 15.9. The molecule has 1 heterocycles. The number of nitrogen functional groups attached to an aromatic ring is 1. The van der Waals surface area contributed by atoms with Gasteiger partial charge in [-0.25, -0.2) is 4.68 Å². The van der Waals surface area contributed by atoms with E-state index in [2.05, 4.69) is 35.4 Å². The summed E-state index contributed by atoms with van der Waals surface area (Å²) in [5.41, 5.74) is 4.05. The van der Waals surface area contributed by atoms with Crippen LogP contribution in [-0.4, -0.2) is 26.0 Å². The fraction of sp³-hybridized carbons (Fsp3) is 0.318. The Bertz CT molecular complexity index is 983. The molecule has 2 aromatic carbocycles. The van der Waals surface area contributed by atoms with Crippen LogP contribution in [0.2, 0.25) is 0 Å². The number of carbonyl (C=O) groups is 1. The van der Waals surface area contributed by atoms with Crippen LogP contribution in [0.5, 0.6) is 0 Å². The molecule has 0 unspecified atom stereocenters. The monoisotopic (exact) mass is 409 g/mol. The Hall–Kier alpha value is -2.80. The summed E-state index contributed by atoms with van der Waals surface area (Å²) in [5, 5.41) is 11.5. The summed E-state index contributed by atoms with van der Waals surface area (Å²) >= 11 is 1.29. The lowest BCUT2D eigenvalue weighted by atomic mass is 9.97. The fourth-order valence-electron chi connectivity index (χ4n) is 2.96. The topological polar surface area (TPSA) is 85.8 Å². The van der Waals surface area contributed by atoms with Crippen molar-refractivity contribution in [3.63, 3.8) is 0 Å². The van der Waals surface area contributed by atoms with Gasteiger partial charge in [-0.1, -0.05) is 73.6 Å². The number of aryl methyl sites for hydroxylation is 1. The number of para-hydroxylation sites is 1. The third-order valence-electron chi connectivity index (χ3n) is 4.99. The zero-order valence-corrected chi connectivity index (χ0v) is 18.0. The van der Waals surface area contributed by atoms with Gasteiger partial charge >= 0.3 is 0 Å². The molecule has 0 bridgehead atoms. The van der Waals surface area contributed by atoms with Crippen molar-refractivity contribution in [1.29, 1.82) is 0 Å². The van der Waals surface area contributed by atoms with E-state index >= 15 is 0 Å². The normalized spacial score (nSPS) is 13.1. The van der Waals surface area contributed by atoms with Gasteiger partial charge in [-0.3, -0.25) is 4.79 Å². The highest BCUT2D eigenvalue weighted by molar-refractivity contribution is 8.00. The molecule has 29 heavy (non-hydrogen) atoms. The number of hydrogen-bond donors (Lipinski definition) is 2. The van der Waals surface area contributed by atoms with E-state index < -0.39 is 0 Å². The number of nitrogens with one attached hydrogen (secondary N) is 1. The van der Waals surface area contributed by atoms with E-state index in [0.29, 0.717) is 16.9 Å². The molecule has 0 spiro atoms. The van der Waals surface area contributed by atoms with Crippen LogP contribution in [0, 0.1) is 6.92 Å². The van der Waals surface area contributed by atoms with Gasteiger partial charge < -0.3 is 11.2 Å². The Kier molecular flexibility index (Phi) is 6.59. The Labute approximate surface area is 175 Å². The third-order valence-corrected chi connectivity index (χ3v) is 6.04. The van der Waals surface area contributed by atoms with Crippen molar-refractivity contribution in [2.75, 3.05) is 11.2 Å². The van der Waals surface area contributed by atoms with E-state index in [-0.39, 0.29) is 11.2 Å². The van der Waals surface area contributed by atoms with Crippen LogP contribution in [-0.2, 0) is 4.79 Å². The van der Waals surface area contributed by atoms with Crippen LogP contribution >= 0.6 is 11.8 Å². The average Bonchev–Trinajstić information content (AvgIpc) is 3.08. The van der Waals surface area contributed by atoms with Crippen LogP contribution in [0.25, 0.3) is 11.4 Å². The Morgan fingerprint density at radius 3 is 2.52 bits per heavy atom. The quantitative estimate of drug-likeness (QED) is 0.440. The van der Waals surface area contributed by atoms with E-state index in [1.165, 1.54) is 16.4 Å². The smallest absolute Gasteiger partial charge is 0.237 e. The SMILES string of the molecule is CC[C@H](C)c1ccccc1NC(=O)[C@@H](C)Sc1nnc(-c2ccc(C)cc2)n1N. The maximum absolute atomic E-state index is 12.8. The molecule has 0 aliphatic heterocycles. The molecule has 3 N–H and O–H groups in total. The number of nitrogens with two attached hydrogens (primary N) is 1. The zero-order chi connectivity index (χ0) is 21.0. The van der Waals surface area contributed by atoms with Gasteiger partial charge in [-0.2, -0.15) is 0 Å². The molecule has 6 nitrogen and oxygen atoms in total. The lowest BCUT2D eigenvalue weighted by molar-refractivity contribution is -0.115. The second-order valence-electron chi connectivity index (χ2n) is 7.19. The van der Waals surface area contributed by atoms with Gasteiger partial charge in [0, 0.05) is 11.3 Å². The second kappa shape index (κ2) is 9.13. The molecule has 7 heteroatoms. The van der Waals surface area contributed by atoms with Crippen molar-refractivity contribution >= 4 is 23.4 Å². The maximum atomic E-state index is 12.8. The van der Waals surface area contributed by atoms with Crippen LogP contribution < -0.4 is 11.2 Å². The predicted octanol–water partition coefficient (Wildman–Crippen LogP) is 4.60. The van der Waals surface area contributed by atoms with Gasteiger partial charge in [-0.15, -0.1) is 10.2 Å². The van der Waals surface area contributed by atoms with Crippen LogP contribution in [0.1, 0.15) is 44.2 Å². The molecule has 1 amide bonds. The molecule has 2 atom stereocenters. The first-order valence-corrected chi connectivity index (χ1v) is 10.6. The zero-order valence-electron chi connectivity index (χ0n) is 17.2. The van der Waals surface area contributed by atoms with E-state index in [0.717, 1.165) is 28.8 Å². The Morgan fingerprint density at radius 1 is 1.14 bits per heavy atom. The summed E-state index contributed by atoms with van der Waals surface area (Å²) < 4.78 is 1.44. The molecule has 0 fully saturated rings. The molecule has 0 radical (unpaired) electrons. The Morgan fingerprint density at radius 2 is 1.83 bits per heavy atom. The standard InChI is InChI=1S/C22H27N5OS/c1-5-15(3)18-8-6-7-9-19(18)24-21(28)16(4)29-22-26-25-20(27(22)23)17-12-10-14(2)11-13-17/h6-13,15-16H,5,23H2,1-4H3,(H,24,28)/t15-,16+/m0/s1. The number of benzene rings is 2. The highest BCUT2D eigenvalue weighted by Crippen LogP contribution is 2.29. The minimum Gasteiger partial charge on any atom is -0.335 e. The molecule has 3 aromatic rings. The number of aromatic nitrogens is 3. The number of carbonyl (C=O) groups excluding carboxylic acids is 1. The summed E-state index contributed by atoms with van der Waals surface area (Å²) in [6.45, 7) is 8.16. The van der Waals surface area contributed by atoms with Crippen molar-refractivity contribution < 1.29 is 4.79 Å². The van der Waals surface area contributed by atoms with Gasteiger partial charge in [0.05, 0.1) is 5.25 Å². The first kappa shape index (κ1) is 20.9. The number of rotatable bonds is 7. The number of amides is 1. The molecule has 3 rings (SSSR count). The fourth-order valence-corrected chi connectivity index (χ4v) is 3.73. The number of thioether (sulfide) groups is 1. The first-order chi connectivity index (χ1) is 13.9. The summed E-state index contributed by atoms with van der Waals surface area (Å²) in [6.07, 6.45) is 1.01.